The minimum absolute atomic E-state index is 0.00978. The Morgan fingerprint density at radius 1 is 1.25 bits per heavy atom. The second-order valence-electron chi connectivity index (χ2n) is 8.16. The number of hydrogen-bond acceptors (Lipinski definition) is 5. The summed E-state index contributed by atoms with van der Waals surface area (Å²) < 4.78 is 24.7. The summed E-state index contributed by atoms with van der Waals surface area (Å²) in [7, 11) is -3.45. The summed E-state index contributed by atoms with van der Waals surface area (Å²) in [4.78, 5) is 0. The molecule has 0 radical (unpaired) electrons. The SMILES string of the molecule is C/C(=C\c1cc(C)c(O)c(C)c1)CC[C@@H](O)C1=C(C(C)C)CS(=O)(=O)[C@H]1CO. The van der Waals surface area contributed by atoms with Gasteiger partial charge in [-0.3, -0.25) is 0 Å². The van der Waals surface area contributed by atoms with E-state index < -0.39 is 27.8 Å². The molecule has 0 amide bonds. The molecule has 2 rings (SSSR count). The van der Waals surface area contributed by atoms with Gasteiger partial charge in [0.15, 0.2) is 9.84 Å². The maximum absolute atomic E-state index is 12.3. The van der Waals surface area contributed by atoms with Crippen molar-refractivity contribution in [2.24, 2.45) is 5.92 Å². The van der Waals surface area contributed by atoms with Crippen molar-refractivity contribution in [2.75, 3.05) is 12.4 Å². The van der Waals surface area contributed by atoms with Gasteiger partial charge in [0.2, 0.25) is 0 Å². The molecule has 6 heteroatoms. The van der Waals surface area contributed by atoms with E-state index in [4.69, 9.17) is 0 Å². The van der Waals surface area contributed by atoms with Crippen LogP contribution in [0.4, 0.5) is 0 Å². The maximum atomic E-state index is 12.3. The third-order valence-electron chi connectivity index (χ3n) is 5.47. The van der Waals surface area contributed by atoms with E-state index in [0.29, 0.717) is 24.2 Å². The van der Waals surface area contributed by atoms with Gasteiger partial charge in [0.25, 0.3) is 0 Å². The summed E-state index contributed by atoms with van der Waals surface area (Å²) in [6.45, 7) is 9.02. The summed E-state index contributed by atoms with van der Waals surface area (Å²) in [5, 5.41) is 29.3. The lowest BCUT2D eigenvalue weighted by Gasteiger charge is -2.20. The van der Waals surface area contributed by atoms with Crippen LogP contribution in [0.1, 0.15) is 50.3 Å². The summed E-state index contributed by atoms with van der Waals surface area (Å²) >= 11 is 0. The number of rotatable bonds is 7. The van der Waals surface area contributed by atoms with Gasteiger partial charge in [-0.15, -0.1) is 0 Å². The van der Waals surface area contributed by atoms with Crippen molar-refractivity contribution in [3.63, 3.8) is 0 Å². The van der Waals surface area contributed by atoms with Crippen molar-refractivity contribution >= 4 is 15.9 Å². The first kappa shape index (κ1) is 22.7. The van der Waals surface area contributed by atoms with Crippen molar-refractivity contribution < 1.29 is 23.7 Å². The molecule has 156 valence electrons. The highest BCUT2D eigenvalue weighted by atomic mass is 32.2. The highest BCUT2D eigenvalue weighted by Gasteiger charge is 2.41. The number of aliphatic hydroxyl groups excluding tert-OH is 2. The molecule has 3 N–H and O–H groups in total. The third-order valence-corrected chi connectivity index (χ3v) is 7.45. The molecule has 0 unspecified atom stereocenters. The number of benzene rings is 1. The van der Waals surface area contributed by atoms with Crippen molar-refractivity contribution in [1.29, 1.82) is 0 Å². The molecule has 28 heavy (non-hydrogen) atoms. The lowest BCUT2D eigenvalue weighted by molar-refractivity contribution is 0.188. The minimum Gasteiger partial charge on any atom is -0.507 e. The molecule has 1 aliphatic heterocycles. The first-order valence-corrected chi connectivity index (χ1v) is 11.4. The molecule has 0 saturated carbocycles. The van der Waals surface area contributed by atoms with Crippen molar-refractivity contribution in [3.8, 4) is 5.75 Å². The lowest BCUT2D eigenvalue weighted by atomic mass is 9.90. The molecule has 0 bridgehead atoms. The number of phenols is 1. The van der Waals surface area contributed by atoms with E-state index in [9.17, 15) is 23.7 Å². The van der Waals surface area contributed by atoms with E-state index in [1.165, 1.54) is 0 Å². The monoisotopic (exact) mass is 408 g/mol. The van der Waals surface area contributed by atoms with Gasteiger partial charge in [0.1, 0.15) is 11.0 Å². The number of sulfone groups is 1. The Morgan fingerprint density at radius 2 is 1.82 bits per heavy atom. The third kappa shape index (κ3) is 4.85. The fraction of sp³-hybridized carbons (Fsp3) is 0.545. The molecule has 0 spiro atoms. The Kier molecular flexibility index (Phi) is 7.12. The molecule has 1 heterocycles. The van der Waals surface area contributed by atoms with Crippen LogP contribution in [0.15, 0.2) is 28.9 Å². The Hall–Kier alpha value is -1.63. The Balaban J connectivity index is 2.18. The van der Waals surface area contributed by atoms with Crippen LogP contribution in [0.5, 0.6) is 5.75 Å². The van der Waals surface area contributed by atoms with Crippen LogP contribution < -0.4 is 0 Å². The van der Waals surface area contributed by atoms with Gasteiger partial charge in [-0.1, -0.05) is 25.5 Å². The van der Waals surface area contributed by atoms with Gasteiger partial charge < -0.3 is 15.3 Å². The van der Waals surface area contributed by atoms with Crippen molar-refractivity contribution in [2.45, 2.75) is 58.8 Å². The number of aromatic hydroxyl groups is 1. The fourth-order valence-electron chi connectivity index (χ4n) is 3.89. The Morgan fingerprint density at radius 3 is 2.32 bits per heavy atom. The van der Waals surface area contributed by atoms with Gasteiger partial charge in [-0.05, 0) is 79.5 Å². The van der Waals surface area contributed by atoms with E-state index in [2.05, 4.69) is 0 Å². The topological polar surface area (TPSA) is 94.8 Å². The average molecular weight is 409 g/mol. The van der Waals surface area contributed by atoms with E-state index in [1.807, 2.05) is 52.8 Å². The van der Waals surface area contributed by atoms with Crippen molar-refractivity contribution in [3.05, 3.63) is 45.5 Å². The molecule has 0 fully saturated rings. The summed E-state index contributed by atoms with van der Waals surface area (Å²) in [5.74, 6) is 0.231. The number of allylic oxidation sites excluding steroid dienone is 1. The van der Waals surface area contributed by atoms with E-state index in [1.54, 1.807) is 0 Å². The van der Waals surface area contributed by atoms with Gasteiger partial charge in [0.05, 0.1) is 18.5 Å². The molecule has 1 aromatic carbocycles. The second kappa shape index (κ2) is 8.80. The predicted octanol–water partition coefficient (Wildman–Crippen LogP) is 3.30. The predicted molar refractivity (Wildman–Crippen MR) is 113 cm³/mol. The zero-order valence-corrected chi connectivity index (χ0v) is 18.2. The van der Waals surface area contributed by atoms with Gasteiger partial charge in [-0.25, -0.2) is 8.42 Å². The fourth-order valence-corrected chi connectivity index (χ4v) is 5.95. The molecule has 1 aliphatic rings. The van der Waals surface area contributed by atoms with Crippen molar-refractivity contribution in [1.82, 2.24) is 0 Å². The van der Waals surface area contributed by atoms with Crippen LogP contribution in [0, 0.1) is 19.8 Å². The molecule has 2 atom stereocenters. The van der Waals surface area contributed by atoms with Crippen LogP contribution in [0.3, 0.4) is 0 Å². The Bertz CT molecular complexity index is 870. The number of hydrogen-bond donors (Lipinski definition) is 3. The summed E-state index contributed by atoms with van der Waals surface area (Å²) in [6.07, 6.45) is 2.13. The molecular weight excluding hydrogens is 376 g/mol. The standard InChI is InChI=1S/C22H32O5S/c1-13(2)18-12-28(26,27)20(11-23)21(18)19(24)7-6-14(3)8-17-9-15(4)22(25)16(5)10-17/h8-10,13,19-20,23-25H,6-7,11-12H2,1-5H3/b14-8+/t19-,20+/m1/s1. The van der Waals surface area contributed by atoms with E-state index in [0.717, 1.165) is 27.8 Å². The summed E-state index contributed by atoms with van der Waals surface area (Å²) in [6, 6.07) is 3.82. The highest BCUT2D eigenvalue weighted by Crippen LogP contribution is 2.35. The highest BCUT2D eigenvalue weighted by molar-refractivity contribution is 7.92. The number of aliphatic hydroxyl groups is 2. The van der Waals surface area contributed by atoms with E-state index >= 15 is 0 Å². The van der Waals surface area contributed by atoms with Crippen LogP contribution in [0.2, 0.25) is 0 Å². The van der Waals surface area contributed by atoms with E-state index in [-0.39, 0.29) is 11.7 Å². The molecular formula is C22H32O5S. The quantitative estimate of drug-likeness (QED) is 0.602. The normalized spacial score (nSPS) is 20.9. The average Bonchev–Trinajstić information content (AvgIpc) is 2.88. The summed E-state index contributed by atoms with van der Waals surface area (Å²) in [5.41, 5.74) is 4.88. The zero-order chi connectivity index (χ0) is 21.2. The number of phenolic OH excluding ortho intramolecular Hbond substituents is 1. The second-order valence-corrected chi connectivity index (χ2v) is 10.3. The van der Waals surface area contributed by atoms with Gasteiger partial charge >= 0.3 is 0 Å². The van der Waals surface area contributed by atoms with Crippen LogP contribution >= 0.6 is 0 Å². The molecule has 5 nitrogen and oxygen atoms in total. The van der Waals surface area contributed by atoms with Gasteiger partial charge in [0, 0.05) is 0 Å². The smallest absolute Gasteiger partial charge is 0.163 e. The molecule has 1 aromatic rings. The minimum atomic E-state index is -3.45. The molecule has 0 saturated heterocycles. The maximum Gasteiger partial charge on any atom is 0.163 e. The largest absolute Gasteiger partial charge is 0.507 e. The first-order chi connectivity index (χ1) is 13.0. The van der Waals surface area contributed by atoms with Crippen LogP contribution in [-0.2, 0) is 9.84 Å². The zero-order valence-electron chi connectivity index (χ0n) is 17.4. The molecule has 0 aliphatic carbocycles. The number of aryl methyl sites for hydroxylation is 2. The first-order valence-electron chi connectivity index (χ1n) is 9.68. The molecule has 0 aromatic heterocycles. The van der Waals surface area contributed by atoms with Crippen LogP contribution in [0.25, 0.3) is 6.08 Å². The van der Waals surface area contributed by atoms with Crippen LogP contribution in [-0.4, -0.2) is 47.5 Å². The lowest BCUT2D eigenvalue weighted by Crippen LogP contribution is -2.29. The van der Waals surface area contributed by atoms with Gasteiger partial charge in [-0.2, -0.15) is 0 Å². The Labute approximate surface area is 168 Å².